The number of fused-ring (bicyclic) bond motifs is 1. The Hall–Kier alpha value is -4.13. The van der Waals surface area contributed by atoms with Crippen LogP contribution < -0.4 is 10.1 Å². The number of amides is 3. The summed E-state index contributed by atoms with van der Waals surface area (Å²) in [6.45, 7) is 1.20. The summed E-state index contributed by atoms with van der Waals surface area (Å²) in [4.78, 5) is 38.7. The first-order chi connectivity index (χ1) is 17.4. The van der Waals surface area contributed by atoms with E-state index in [1.165, 1.54) is 0 Å². The van der Waals surface area contributed by atoms with E-state index in [9.17, 15) is 14.4 Å². The highest BCUT2D eigenvalue weighted by Crippen LogP contribution is 2.35. The van der Waals surface area contributed by atoms with Crippen LogP contribution in [0.5, 0.6) is 5.75 Å². The minimum atomic E-state index is -0.468. The summed E-state index contributed by atoms with van der Waals surface area (Å²) in [7, 11) is 3.62. The van der Waals surface area contributed by atoms with Crippen LogP contribution >= 0.6 is 0 Å². The molecule has 1 unspecified atom stereocenters. The quantitative estimate of drug-likeness (QED) is 0.548. The zero-order valence-corrected chi connectivity index (χ0v) is 20.4. The molecule has 5 rings (SSSR count). The second kappa shape index (κ2) is 9.49. The van der Waals surface area contributed by atoms with Gasteiger partial charge in [0.25, 0.3) is 0 Å². The number of nitrogens with one attached hydrogen (secondary N) is 1. The van der Waals surface area contributed by atoms with E-state index in [0.717, 1.165) is 16.6 Å². The number of hydrogen-bond acceptors (Lipinski definition) is 6. The zero-order valence-electron chi connectivity index (χ0n) is 20.4. The molecule has 3 amide bonds. The molecule has 2 aliphatic heterocycles. The van der Waals surface area contributed by atoms with Gasteiger partial charge in [-0.3, -0.25) is 24.4 Å². The average Bonchev–Trinajstić information content (AvgIpc) is 3.39. The maximum Gasteiger partial charge on any atom is 0.235 e. The molecule has 2 fully saturated rings. The molecule has 2 aliphatic rings. The molecule has 1 aromatic carbocycles. The first kappa shape index (κ1) is 23.6. The zero-order chi connectivity index (χ0) is 25.4. The predicted octanol–water partition coefficient (Wildman–Crippen LogP) is 1.92. The van der Waals surface area contributed by atoms with Crippen LogP contribution in [0.3, 0.4) is 0 Å². The number of aryl methyl sites for hydroxylation is 1. The molecule has 0 saturated carbocycles. The number of aromatic nitrogens is 3. The lowest BCUT2D eigenvalue weighted by molar-refractivity contribution is -0.134. The van der Waals surface area contributed by atoms with E-state index in [4.69, 9.17) is 10.00 Å². The van der Waals surface area contributed by atoms with E-state index >= 15 is 0 Å². The van der Waals surface area contributed by atoms with Crippen LogP contribution in [-0.2, 0) is 34.9 Å². The molecule has 1 atom stereocenters. The van der Waals surface area contributed by atoms with Crippen molar-refractivity contribution in [3.05, 3.63) is 47.4 Å². The summed E-state index contributed by atoms with van der Waals surface area (Å²) in [6, 6.07) is 11.4. The van der Waals surface area contributed by atoms with E-state index < -0.39 is 5.92 Å². The molecule has 2 saturated heterocycles. The van der Waals surface area contributed by atoms with E-state index in [1.807, 2.05) is 36.2 Å². The van der Waals surface area contributed by atoms with Gasteiger partial charge in [0, 0.05) is 57.5 Å². The number of nitrogens with zero attached hydrogens (tertiary/aromatic N) is 5. The lowest BCUT2D eigenvalue weighted by Crippen LogP contribution is -2.42. The number of imide groups is 1. The van der Waals surface area contributed by atoms with Crippen molar-refractivity contribution >= 4 is 28.6 Å². The van der Waals surface area contributed by atoms with Crippen molar-refractivity contribution in [2.24, 2.45) is 14.1 Å². The summed E-state index contributed by atoms with van der Waals surface area (Å²) in [5.74, 6) is -0.292. The maximum atomic E-state index is 12.8. The number of benzene rings is 1. The van der Waals surface area contributed by atoms with Crippen molar-refractivity contribution in [3.8, 4) is 11.8 Å². The molecular weight excluding hydrogens is 460 g/mol. The topological polar surface area (TPSA) is 122 Å². The summed E-state index contributed by atoms with van der Waals surface area (Å²) >= 11 is 0. The molecule has 10 heteroatoms. The van der Waals surface area contributed by atoms with Crippen LogP contribution in [0.4, 0.5) is 0 Å². The minimum absolute atomic E-state index is 0.0433. The molecule has 0 bridgehead atoms. The number of hydrogen-bond donors (Lipinski definition) is 1. The molecule has 4 heterocycles. The van der Waals surface area contributed by atoms with Gasteiger partial charge < -0.3 is 14.2 Å². The van der Waals surface area contributed by atoms with Gasteiger partial charge in [-0.1, -0.05) is 12.1 Å². The Balaban J connectivity index is 1.26. The largest absolute Gasteiger partial charge is 0.488 e. The van der Waals surface area contributed by atoms with Gasteiger partial charge in [-0.25, -0.2) is 0 Å². The second-order valence-electron chi connectivity index (χ2n) is 9.42. The van der Waals surface area contributed by atoms with E-state index in [0.29, 0.717) is 55.9 Å². The third kappa shape index (κ3) is 4.33. The summed E-state index contributed by atoms with van der Waals surface area (Å²) in [5.41, 5.74) is 2.83. The van der Waals surface area contributed by atoms with Crippen LogP contribution in [0.2, 0.25) is 0 Å². The third-order valence-corrected chi connectivity index (χ3v) is 7.19. The number of piperidine rings is 2. The molecule has 0 radical (unpaired) electrons. The predicted molar refractivity (Wildman–Crippen MR) is 130 cm³/mol. The highest BCUT2D eigenvalue weighted by Gasteiger charge is 2.32. The Morgan fingerprint density at radius 2 is 1.94 bits per heavy atom. The van der Waals surface area contributed by atoms with Crippen LogP contribution in [0, 0.1) is 11.3 Å². The smallest absolute Gasteiger partial charge is 0.235 e. The lowest BCUT2D eigenvalue weighted by Gasteiger charge is -2.32. The lowest BCUT2D eigenvalue weighted by atomic mass is 9.93. The first-order valence-electron chi connectivity index (χ1n) is 12.1. The summed E-state index contributed by atoms with van der Waals surface area (Å²) < 4.78 is 9.87. The molecule has 36 heavy (non-hydrogen) atoms. The average molecular weight is 489 g/mol. The molecule has 2 aromatic heterocycles. The van der Waals surface area contributed by atoms with Crippen molar-refractivity contribution in [2.75, 3.05) is 13.1 Å². The van der Waals surface area contributed by atoms with Gasteiger partial charge in [-0.15, -0.1) is 0 Å². The number of carbonyl (C=O) groups excluding carboxylic acids is 3. The minimum Gasteiger partial charge on any atom is -0.488 e. The Morgan fingerprint density at radius 3 is 2.64 bits per heavy atom. The number of rotatable bonds is 5. The second-order valence-corrected chi connectivity index (χ2v) is 9.42. The van der Waals surface area contributed by atoms with E-state index in [2.05, 4.69) is 16.5 Å². The number of para-hydroxylation sites is 1. The van der Waals surface area contributed by atoms with Gasteiger partial charge in [-0.05, 0) is 24.6 Å². The first-order valence-corrected chi connectivity index (χ1v) is 12.1. The molecule has 3 aromatic rings. The number of nitriles is 1. The Kier molecular flexibility index (Phi) is 6.22. The molecule has 1 N–H and O–H groups in total. The fraction of sp³-hybridized carbons (Fsp3) is 0.423. The molecule has 0 aliphatic carbocycles. The maximum absolute atomic E-state index is 12.8. The van der Waals surface area contributed by atoms with Crippen LogP contribution in [-0.4, -0.2) is 56.2 Å². The molecular formula is C26H28N6O4. The molecule has 186 valence electrons. The SMILES string of the molecule is Cn1c(C#N)ccc1CC(=O)N1CCC(Oc2cccc3c(C4CCC(=O)NC4=O)nn(C)c23)CC1. The Labute approximate surface area is 208 Å². The van der Waals surface area contributed by atoms with Crippen molar-refractivity contribution in [3.63, 3.8) is 0 Å². The van der Waals surface area contributed by atoms with Gasteiger partial charge in [0.15, 0.2) is 0 Å². The highest BCUT2D eigenvalue weighted by atomic mass is 16.5. The summed E-state index contributed by atoms with van der Waals surface area (Å²) in [6.07, 6.45) is 2.36. The van der Waals surface area contributed by atoms with Crippen molar-refractivity contribution < 1.29 is 19.1 Å². The van der Waals surface area contributed by atoms with Gasteiger partial charge >= 0.3 is 0 Å². The van der Waals surface area contributed by atoms with Crippen LogP contribution in [0.1, 0.15) is 48.7 Å². The Bertz CT molecular complexity index is 1390. The van der Waals surface area contributed by atoms with Crippen molar-refractivity contribution in [2.45, 2.75) is 44.1 Å². The number of carbonyl (C=O) groups is 3. The highest BCUT2D eigenvalue weighted by molar-refractivity contribution is 6.03. The molecule has 10 nitrogen and oxygen atoms in total. The fourth-order valence-electron chi connectivity index (χ4n) is 5.15. The fourth-order valence-corrected chi connectivity index (χ4v) is 5.15. The summed E-state index contributed by atoms with van der Waals surface area (Å²) in [5, 5.41) is 17.0. The monoisotopic (exact) mass is 488 g/mol. The van der Waals surface area contributed by atoms with Gasteiger partial charge in [0.2, 0.25) is 17.7 Å². The third-order valence-electron chi connectivity index (χ3n) is 7.19. The van der Waals surface area contributed by atoms with Crippen molar-refractivity contribution in [1.82, 2.24) is 24.6 Å². The van der Waals surface area contributed by atoms with Gasteiger partial charge in [0.05, 0.1) is 18.0 Å². The normalized spacial score (nSPS) is 18.8. The van der Waals surface area contributed by atoms with Crippen molar-refractivity contribution in [1.29, 1.82) is 5.26 Å². The van der Waals surface area contributed by atoms with E-state index in [-0.39, 0.29) is 30.2 Å². The standard InChI is InChI=1S/C26H28N6O4/c1-30-16(6-7-17(30)15-27)14-23(34)32-12-10-18(11-13-32)36-21-5-3-4-19-24(29-31(2)25(19)21)20-8-9-22(33)28-26(20)35/h3-7,18,20H,8-14H2,1-2H3,(H,28,33,35). The van der Waals surface area contributed by atoms with Gasteiger partial charge in [0.1, 0.15) is 29.1 Å². The number of likely N-dealkylation sites (tertiary alicyclic amines) is 1. The Morgan fingerprint density at radius 1 is 1.17 bits per heavy atom. The number of ether oxygens (including phenoxy) is 1. The van der Waals surface area contributed by atoms with Gasteiger partial charge in [-0.2, -0.15) is 10.4 Å². The van der Waals surface area contributed by atoms with E-state index in [1.54, 1.807) is 22.4 Å². The molecule has 0 spiro atoms. The van der Waals surface area contributed by atoms with Crippen LogP contribution in [0.25, 0.3) is 10.9 Å². The van der Waals surface area contributed by atoms with Crippen LogP contribution in [0.15, 0.2) is 30.3 Å².